The Bertz CT molecular complexity index is 2410. The number of aromatic nitrogens is 3. The van der Waals surface area contributed by atoms with Crippen LogP contribution in [0.25, 0.3) is 22.3 Å². The molecule has 8 bridgehead atoms. The normalized spacial score (nSPS) is 16.8. The van der Waals surface area contributed by atoms with Gasteiger partial charge in [0.05, 0.1) is 22.5 Å². The monoisotopic (exact) mass is 754 g/mol. The first kappa shape index (κ1) is 38.4. The van der Waals surface area contributed by atoms with Crippen LogP contribution in [0.2, 0.25) is 0 Å². The van der Waals surface area contributed by atoms with E-state index < -0.39 is 24.1 Å². The molecular weight excluding hydrogens is 705 g/mol. The number of hydrogen-bond donors (Lipinski definition) is 8. The van der Waals surface area contributed by atoms with Gasteiger partial charge in [0.2, 0.25) is 0 Å². The maximum absolute atomic E-state index is 11.9. The fourth-order valence-electron chi connectivity index (χ4n) is 7.98. The molecular formula is C46H50N4O6. The van der Waals surface area contributed by atoms with Crippen LogP contribution in [0.4, 0.5) is 0 Å². The number of fused-ring (bicyclic) bond motifs is 8. The van der Waals surface area contributed by atoms with Crippen molar-refractivity contribution in [3.8, 4) is 0 Å². The molecule has 56 heavy (non-hydrogen) atoms. The molecule has 10 heteroatoms. The highest BCUT2D eigenvalue weighted by Gasteiger charge is 2.38. The standard InChI is InChI=1S/C46H50N4O6/c1-3-5-7-9-11-31-33-21-24-36(47-33)39(27-13-17-29(18-14-27)45(53)54)37-25-23-35(49-37)32(12-10-8-6-4-2)41-43(51)44(52)42(50-41)40(38-26-22-34(31)48-38)28-15-19-30(20-16-28)46(55)56/h13-26,43-44,47-52H,3-12H2,1-2H3,(H,53,54)(H,55,56)/t43-,44+/m0/s1. The molecule has 2 atom stereocenters. The highest BCUT2D eigenvalue weighted by atomic mass is 16.4. The number of aromatic amines is 3. The summed E-state index contributed by atoms with van der Waals surface area (Å²) in [5.74, 6) is -2.02. The summed E-state index contributed by atoms with van der Waals surface area (Å²) in [6.45, 7) is 4.36. The van der Waals surface area contributed by atoms with Gasteiger partial charge < -0.3 is 40.7 Å². The number of allylic oxidation sites excluding steroid dienone is 1. The summed E-state index contributed by atoms with van der Waals surface area (Å²) in [5, 5.41) is 48.4. The summed E-state index contributed by atoms with van der Waals surface area (Å²) in [6, 6.07) is 25.7. The minimum atomic E-state index is -1.29. The zero-order valence-electron chi connectivity index (χ0n) is 31.9. The topological polar surface area (TPSA) is 174 Å². The Labute approximate surface area is 326 Å². The van der Waals surface area contributed by atoms with Crippen LogP contribution in [-0.4, -0.2) is 59.5 Å². The molecule has 2 aromatic carbocycles. The molecule has 0 spiro atoms. The molecule has 5 aromatic rings. The van der Waals surface area contributed by atoms with E-state index in [9.17, 15) is 30.0 Å². The molecule has 10 nitrogen and oxygen atoms in total. The van der Waals surface area contributed by atoms with Gasteiger partial charge in [0.25, 0.3) is 0 Å². The third-order valence-corrected chi connectivity index (χ3v) is 11.0. The van der Waals surface area contributed by atoms with Crippen LogP contribution in [0.3, 0.4) is 0 Å². The van der Waals surface area contributed by atoms with Crippen molar-refractivity contribution in [3.63, 3.8) is 0 Å². The van der Waals surface area contributed by atoms with E-state index in [1.54, 1.807) is 36.4 Å². The van der Waals surface area contributed by atoms with E-state index in [-0.39, 0.29) is 11.1 Å². The number of nitrogens with one attached hydrogen (secondary N) is 4. The van der Waals surface area contributed by atoms with Crippen LogP contribution in [-0.2, 0) is 0 Å². The van der Waals surface area contributed by atoms with E-state index in [1.165, 1.54) is 0 Å². The number of aliphatic hydroxyl groups is 2. The first-order valence-electron chi connectivity index (χ1n) is 19.8. The van der Waals surface area contributed by atoms with Crippen LogP contribution in [0.15, 0.2) is 96.3 Å². The van der Waals surface area contributed by atoms with Crippen molar-refractivity contribution in [3.05, 3.63) is 152 Å². The number of carboxylic acids is 2. The van der Waals surface area contributed by atoms with Gasteiger partial charge in [-0.1, -0.05) is 76.6 Å². The molecule has 0 aliphatic carbocycles. The van der Waals surface area contributed by atoms with E-state index in [2.05, 4.69) is 46.2 Å². The van der Waals surface area contributed by atoms with Gasteiger partial charge in [0.15, 0.2) is 0 Å². The van der Waals surface area contributed by atoms with E-state index in [0.29, 0.717) is 34.6 Å². The maximum atomic E-state index is 11.9. The number of aliphatic hydroxyl groups excluding tert-OH is 2. The average molecular weight is 755 g/mol. The Kier molecular flexibility index (Phi) is 11.6. The van der Waals surface area contributed by atoms with Gasteiger partial charge in [0, 0.05) is 44.6 Å². The quantitative estimate of drug-likeness (QED) is 0.0551. The zero-order valence-corrected chi connectivity index (χ0v) is 31.9. The molecule has 0 radical (unpaired) electrons. The second-order valence-electron chi connectivity index (χ2n) is 14.8. The molecule has 7 rings (SSSR count). The molecule has 5 heterocycles. The van der Waals surface area contributed by atoms with Gasteiger partial charge in [-0.05, 0) is 109 Å². The SMILES string of the molecule is CCCCCCC1=C2NC(=C(c3ccc(C(=O)O)cc3)c3ccc([nH]3)C(CCCCCC)=c3ccc([nH]3)=C(c3ccc(C(=O)O)cc3)c3ccc1[nH]3)[C@@H](O)[C@H]2O. The Balaban J connectivity index is 1.52. The van der Waals surface area contributed by atoms with Crippen LogP contribution in [0, 0.1) is 0 Å². The van der Waals surface area contributed by atoms with E-state index in [1.807, 2.05) is 36.4 Å². The van der Waals surface area contributed by atoms with Gasteiger partial charge >= 0.3 is 11.9 Å². The number of aromatic carboxylic acids is 2. The molecule has 3 aromatic heterocycles. The van der Waals surface area contributed by atoms with Crippen LogP contribution >= 0.6 is 0 Å². The first-order valence-corrected chi connectivity index (χ1v) is 19.8. The zero-order chi connectivity index (χ0) is 39.3. The van der Waals surface area contributed by atoms with Crippen molar-refractivity contribution in [1.82, 2.24) is 20.3 Å². The van der Waals surface area contributed by atoms with Crippen molar-refractivity contribution in [2.45, 2.75) is 90.3 Å². The molecule has 2 aliphatic heterocycles. The first-order chi connectivity index (χ1) is 27.2. The Morgan fingerprint density at radius 3 is 1.52 bits per heavy atom. The van der Waals surface area contributed by atoms with E-state index in [4.69, 9.17) is 0 Å². The highest BCUT2D eigenvalue weighted by molar-refractivity contribution is 5.90. The smallest absolute Gasteiger partial charge is 0.335 e. The number of carbonyl (C=O) groups is 2. The van der Waals surface area contributed by atoms with E-state index in [0.717, 1.165) is 108 Å². The molecule has 0 saturated carbocycles. The molecule has 0 amide bonds. The lowest BCUT2D eigenvalue weighted by Gasteiger charge is -2.15. The molecule has 290 valence electrons. The maximum Gasteiger partial charge on any atom is 0.335 e. The van der Waals surface area contributed by atoms with Gasteiger partial charge in [-0.3, -0.25) is 0 Å². The van der Waals surface area contributed by atoms with Crippen LogP contribution in [0.5, 0.6) is 0 Å². The number of carboxylic acid groups (broad SMARTS) is 2. The minimum absolute atomic E-state index is 0.149. The van der Waals surface area contributed by atoms with Crippen molar-refractivity contribution >= 4 is 34.2 Å². The molecule has 2 aliphatic rings. The Hall–Kier alpha value is -5.84. The fraction of sp³-hybridized carbons (Fsp3) is 0.304. The summed E-state index contributed by atoms with van der Waals surface area (Å²) in [4.78, 5) is 34.6. The number of rotatable bonds is 14. The molecule has 1 fully saturated rings. The Morgan fingerprint density at radius 1 is 0.500 bits per heavy atom. The number of benzene rings is 2. The lowest BCUT2D eigenvalue weighted by atomic mass is 9.96. The predicted octanol–water partition coefficient (Wildman–Crippen LogP) is 7.26. The molecule has 0 unspecified atom stereocenters. The van der Waals surface area contributed by atoms with Crippen molar-refractivity contribution in [1.29, 1.82) is 0 Å². The lowest BCUT2D eigenvalue weighted by molar-refractivity contribution is 0.0686. The molecule has 1 saturated heterocycles. The van der Waals surface area contributed by atoms with Gasteiger partial charge in [-0.2, -0.15) is 0 Å². The number of unbranched alkanes of at least 4 members (excludes halogenated alkanes) is 6. The fourth-order valence-corrected chi connectivity index (χ4v) is 7.98. The predicted molar refractivity (Wildman–Crippen MR) is 218 cm³/mol. The van der Waals surface area contributed by atoms with Crippen LogP contribution < -0.4 is 16.0 Å². The summed E-state index contributed by atoms with van der Waals surface area (Å²) in [5.41, 5.74) is 9.45. The largest absolute Gasteiger partial charge is 0.478 e. The highest BCUT2D eigenvalue weighted by Crippen LogP contribution is 2.38. The average Bonchev–Trinajstić information content (AvgIpc) is 4.03. The van der Waals surface area contributed by atoms with Gasteiger partial charge in [-0.25, -0.2) is 9.59 Å². The summed E-state index contributed by atoms with van der Waals surface area (Å²) < 4.78 is 0. The third-order valence-electron chi connectivity index (χ3n) is 11.0. The summed E-state index contributed by atoms with van der Waals surface area (Å²) >= 11 is 0. The number of H-pyrrole nitrogens is 3. The minimum Gasteiger partial charge on any atom is -0.478 e. The van der Waals surface area contributed by atoms with Crippen molar-refractivity contribution in [2.24, 2.45) is 0 Å². The van der Waals surface area contributed by atoms with Gasteiger partial charge in [0.1, 0.15) is 12.2 Å². The summed E-state index contributed by atoms with van der Waals surface area (Å²) in [6.07, 6.45) is 7.21. The molecule has 8 N–H and O–H groups in total. The summed E-state index contributed by atoms with van der Waals surface area (Å²) in [7, 11) is 0. The number of hydrogen-bond acceptors (Lipinski definition) is 5. The second kappa shape index (κ2) is 16.9. The van der Waals surface area contributed by atoms with Crippen LogP contribution in [0.1, 0.15) is 133 Å². The second-order valence-corrected chi connectivity index (χ2v) is 14.8. The van der Waals surface area contributed by atoms with Crippen molar-refractivity contribution in [2.75, 3.05) is 0 Å². The lowest BCUT2D eigenvalue weighted by Crippen LogP contribution is -2.22. The van der Waals surface area contributed by atoms with E-state index >= 15 is 0 Å². The Morgan fingerprint density at radius 2 is 0.964 bits per heavy atom. The third kappa shape index (κ3) is 7.80. The van der Waals surface area contributed by atoms with Crippen molar-refractivity contribution < 1.29 is 30.0 Å². The van der Waals surface area contributed by atoms with Gasteiger partial charge in [-0.15, -0.1) is 0 Å².